The number of aromatic nitrogens is 1. The highest BCUT2D eigenvalue weighted by Crippen LogP contribution is 2.35. The first-order valence-electron chi connectivity index (χ1n) is 11.3. The van der Waals surface area contributed by atoms with Gasteiger partial charge in [-0.3, -0.25) is 0 Å². The Balaban J connectivity index is 1.51. The summed E-state index contributed by atoms with van der Waals surface area (Å²) in [6.07, 6.45) is -0.824. The second-order valence-corrected chi connectivity index (χ2v) is 8.44. The van der Waals surface area contributed by atoms with Gasteiger partial charge in [-0.2, -0.15) is 18.3 Å². The zero-order chi connectivity index (χ0) is 24.1. The normalized spacial score (nSPS) is 19.1. The number of pyridine rings is 1. The third-order valence-electron chi connectivity index (χ3n) is 6.22. The minimum absolute atomic E-state index is 0.0527. The highest BCUT2D eigenvalue weighted by molar-refractivity contribution is 5.96. The number of hydrogen-bond acceptors (Lipinski definition) is 6. The SMILES string of the molecule is CNc1ccccc1/C([O-])=N/NCC1CCCC[C@@H]1Nc1cc(C(F)(F)F)nc2ccccc12. The topological polar surface area (TPSA) is 84.4 Å². The lowest BCUT2D eigenvalue weighted by Gasteiger charge is -2.33. The monoisotopic (exact) mass is 470 g/mol. The van der Waals surface area contributed by atoms with Gasteiger partial charge < -0.3 is 21.2 Å². The predicted octanol–water partition coefficient (Wildman–Crippen LogP) is 4.58. The summed E-state index contributed by atoms with van der Waals surface area (Å²) in [6.45, 7) is 0.445. The Morgan fingerprint density at radius 2 is 1.79 bits per heavy atom. The first-order chi connectivity index (χ1) is 16.4. The Bertz CT molecular complexity index is 1160. The molecule has 0 amide bonds. The molecule has 4 rings (SSSR count). The van der Waals surface area contributed by atoms with Crippen molar-refractivity contribution in [2.45, 2.75) is 37.9 Å². The van der Waals surface area contributed by atoms with Crippen molar-refractivity contribution in [2.75, 3.05) is 24.2 Å². The van der Waals surface area contributed by atoms with E-state index in [1.165, 1.54) is 0 Å². The van der Waals surface area contributed by atoms with E-state index in [4.69, 9.17) is 0 Å². The van der Waals surface area contributed by atoms with Crippen LogP contribution in [0.3, 0.4) is 0 Å². The van der Waals surface area contributed by atoms with Crippen LogP contribution in [0.1, 0.15) is 36.9 Å². The van der Waals surface area contributed by atoms with Crippen molar-refractivity contribution in [1.82, 2.24) is 10.4 Å². The fourth-order valence-electron chi connectivity index (χ4n) is 4.46. The van der Waals surface area contributed by atoms with E-state index >= 15 is 0 Å². The number of halogens is 3. The van der Waals surface area contributed by atoms with Gasteiger partial charge in [0.1, 0.15) is 5.69 Å². The number of hydrazone groups is 1. The van der Waals surface area contributed by atoms with Crippen molar-refractivity contribution in [2.24, 2.45) is 11.0 Å². The molecule has 1 aromatic heterocycles. The van der Waals surface area contributed by atoms with Gasteiger partial charge in [0.05, 0.1) is 5.52 Å². The first kappa shape index (κ1) is 23.7. The van der Waals surface area contributed by atoms with Crippen LogP contribution < -0.4 is 21.2 Å². The molecule has 0 saturated heterocycles. The maximum absolute atomic E-state index is 13.4. The van der Waals surface area contributed by atoms with E-state index < -0.39 is 11.9 Å². The van der Waals surface area contributed by atoms with Crippen LogP contribution in [0, 0.1) is 5.92 Å². The second kappa shape index (κ2) is 10.2. The lowest BCUT2D eigenvalue weighted by atomic mass is 9.84. The van der Waals surface area contributed by atoms with E-state index in [2.05, 4.69) is 26.1 Å². The predicted molar refractivity (Wildman–Crippen MR) is 127 cm³/mol. The van der Waals surface area contributed by atoms with Crippen molar-refractivity contribution in [3.63, 3.8) is 0 Å². The number of nitrogens with zero attached hydrogens (tertiary/aromatic N) is 2. The average molecular weight is 471 g/mol. The summed E-state index contributed by atoms with van der Waals surface area (Å²) in [5.41, 5.74) is 3.88. The van der Waals surface area contributed by atoms with Crippen molar-refractivity contribution < 1.29 is 18.3 Å². The molecule has 1 aliphatic rings. The molecule has 2 aromatic carbocycles. The number of fused-ring (bicyclic) bond motifs is 1. The van der Waals surface area contributed by atoms with Crippen LogP contribution >= 0.6 is 0 Å². The molecule has 1 fully saturated rings. The zero-order valence-corrected chi connectivity index (χ0v) is 18.8. The quantitative estimate of drug-likeness (QED) is 0.268. The van der Waals surface area contributed by atoms with Crippen LogP contribution in [0.2, 0.25) is 0 Å². The Morgan fingerprint density at radius 1 is 1.06 bits per heavy atom. The molecule has 1 unspecified atom stereocenters. The molecule has 34 heavy (non-hydrogen) atoms. The van der Waals surface area contributed by atoms with Crippen LogP contribution in [0.15, 0.2) is 59.7 Å². The second-order valence-electron chi connectivity index (χ2n) is 8.44. The van der Waals surface area contributed by atoms with Gasteiger partial charge in [-0.15, -0.1) is 0 Å². The maximum Gasteiger partial charge on any atom is 0.433 e. The number of alkyl halides is 3. The molecule has 0 bridgehead atoms. The standard InChI is InChI=1S/C25H28F3N5O/c1-29-20-12-6-4-10-18(20)24(34)33-30-15-16-8-2-5-11-19(16)31-22-14-23(25(26,27)28)32-21-13-7-3-9-17(21)22/h3-4,6-7,9-10,12-14,16,19,29-30H,2,5,8,11,15H2,1H3,(H,31,32)(H,33,34)/p-1/t16?,19-/m0/s1. The lowest BCUT2D eigenvalue weighted by Crippen LogP contribution is -2.38. The van der Waals surface area contributed by atoms with Gasteiger partial charge >= 0.3 is 6.18 Å². The third kappa shape index (κ3) is 5.35. The highest BCUT2D eigenvalue weighted by Gasteiger charge is 2.34. The van der Waals surface area contributed by atoms with E-state index in [-0.39, 0.29) is 17.9 Å². The van der Waals surface area contributed by atoms with E-state index in [0.717, 1.165) is 31.7 Å². The summed E-state index contributed by atoms with van der Waals surface area (Å²) >= 11 is 0. The first-order valence-corrected chi connectivity index (χ1v) is 11.3. The van der Waals surface area contributed by atoms with Crippen LogP contribution in [0.25, 0.3) is 10.9 Å². The molecule has 3 N–H and O–H groups in total. The third-order valence-corrected chi connectivity index (χ3v) is 6.22. The minimum Gasteiger partial charge on any atom is -0.857 e. The van der Waals surface area contributed by atoms with Gasteiger partial charge in [-0.1, -0.05) is 49.2 Å². The van der Waals surface area contributed by atoms with Gasteiger partial charge in [-0.05, 0) is 37.0 Å². The molecular formula is C25H27F3N5O-. The Morgan fingerprint density at radius 3 is 2.59 bits per heavy atom. The molecular weight excluding hydrogens is 443 g/mol. The minimum atomic E-state index is -4.53. The highest BCUT2D eigenvalue weighted by atomic mass is 19.4. The molecule has 1 aliphatic carbocycles. The molecule has 9 heteroatoms. The van der Waals surface area contributed by atoms with E-state index in [9.17, 15) is 18.3 Å². The van der Waals surface area contributed by atoms with Crippen LogP contribution in [0.4, 0.5) is 24.5 Å². The summed E-state index contributed by atoms with van der Waals surface area (Å²) in [6, 6.07) is 15.0. The molecule has 0 radical (unpaired) electrons. The zero-order valence-electron chi connectivity index (χ0n) is 18.8. The van der Waals surface area contributed by atoms with Gasteiger partial charge in [0.2, 0.25) is 0 Å². The van der Waals surface area contributed by atoms with Crippen LogP contribution in [-0.4, -0.2) is 30.5 Å². The fraction of sp³-hybridized carbons (Fsp3) is 0.360. The average Bonchev–Trinajstić information content (AvgIpc) is 2.84. The van der Waals surface area contributed by atoms with E-state index in [0.29, 0.717) is 34.4 Å². The van der Waals surface area contributed by atoms with Crippen LogP contribution in [-0.2, 0) is 6.18 Å². The van der Waals surface area contributed by atoms with Crippen molar-refractivity contribution in [1.29, 1.82) is 0 Å². The van der Waals surface area contributed by atoms with E-state index in [1.807, 2.05) is 6.07 Å². The molecule has 2 atom stereocenters. The Labute approximate surface area is 196 Å². The maximum atomic E-state index is 13.4. The molecule has 0 aliphatic heterocycles. The summed E-state index contributed by atoms with van der Waals surface area (Å²) in [7, 11) is 1.74. The number of hydrogen-bond donors (Lipinski definition) is 3. The van der Waals surface area contributed by atoms with Crippen molar-refractivity contribution in [3.8, 4) is 0 Å². The van der Waals surface area contributed by atoms with E-state index in [1.54, 1.807) is 49.5 Å². The molecule has 1 saturated carbocycles. The summed E-state index contributed by atoms with van der Waals surface area (Å²) in [4.78, 5) is 3.80. The van der Waals surface area contributed by atoms with Gasteiger partial charge in [0.25, 0.3) is 0 Å². The fourth-order valence-corrected chi connectivity index (χ4v) is 4.46. The molecule has 3 aromatic rings. The van der Waals surface area contributed by atoms with Crippen LogP contribution in [0.5, 0.6) is 0 Å². The number of nitrogens with one attached hydrogen (secondary N) is 3. The molecule has 1 heterocycles. The Kier molecular flexibility index (Phi) is 7.09. The molecule has 6 nitrogen and oxygen atoms in total. The number of rotatable bonds is 7. The summed E-state index contributed by atoms with van der Waals surface area (Å²) in [5, 5.41) is 23.5. The van der Waals surface area contributed by atoms with Gasteiger partial charge in [-0.25, -0.2) is 4.98 Å². The van der Waals surface area contributed by atoms with Gasteiger partial charge in [0.15, 0.2) is 0 Å². The molecule has 180 valence electrons. The number of anilines is 2. The lowest BCUT2D eigenvalue weighted by molar-refractivity contribution is -0.213. The number of para-hydroxylation sites is 2. The summed E-state index contributed by atoms with van der Waals surface area (Å²) in [5.74, 6) is -0.272. The summed E-state index contributed by atoms with van der Waals surface area (Å²) < 4.78 is 40.3. The Hall–Kier alpha value is -3.49. The largest absolute Gasteiger partial charge is 0.857 e. The van der Waals surface area contributed by atoms with Crippen molar-refractivity contribution in [3.05, 3.63) is 65.9 Å². The van der Waals surface area contributed by atoms with Crippen molar-refractivity contribution >= 4 is 28.2 Å². The van der Waals surface area contributed by atoms with Gasteiger partial charge in [0, 0.05) is 47.9 Å². The number of benzene rings is 2. The molecule has 0 spiro atoms. The smallest absolute Gasteiger partial charge is 0.433 e.